The summed E-state index contributed by atoms with van der Waals surface area (Å²) in [5.41, 5.74) is 3.71. The Morgan fingerprint density at radius 3 is 2.59 bits per heavy atom. The van der Waals surface area contributed by atoms with Crippen LogP contribution in [-0.4, -0.2) is 40.8 Å². The monoisotopic (exact) mass is 459 g/mol. The number of hydrogen-bond acceptors (Lipinski definition) is 3. The van der Waals surface area contributed by atoms with Crippen LogP contribution in [0.4, 0.5) is 4.39 Å². The Labute approximate surface area is 196 Å². The van der Waals surface area contributed by atoms with Crippen LogP contribution < -0.4 is 5.32 Å². The normalized spacial score (nSPS) is 14.4. The Hall–Kier alpha value is -3.87. The highest BCUT2D eigenvalue weighted by atomic mass is 19.1. The molecule has 5 rings (SSSR count). The second kappa shape index (κ2) is 9.55. The third-order valence-corrected chi connectivity index (χ3v) is 6.41. The average molecular weight is 460 g/mol. The zero-order valence-electron chi connectivity index (χ0n) is 18.7. The van der Waals surface area contributed by atoms with Crippen molar-refractivity contribution in [3.05, 3.63) is 84.1 Å². The number of likely N-dealkylation sites (tertiary alicyclic amines) is 1. The van der Waals surface area contributed by atoms with Gasteiger partial charge in [0.15, 0.2) is 5.76 Å². The first-order valence-electron chi connectivity index (χ1n) is 11.6. The number of amides is 2. The Bertz CT molecular complexity index is 1290. The van der Waals surface area contributed by atoms with Crippen molar-refractivity contribution in [1.82, 2.24) is 15.2 Å². The fourth-order valence-electron chi connectivity index (χ4n) is 4.65. The number of carbonyl (C=O) groups excluding carboxylic acids is 2. The van der Waals surface area contributed by atoms with Crippen LogP contribution in [0.1, 0.15) is 35.4 Å². The van der Waals surface area contributed by atoms with E-state index in [1.807, 2.05) is 30.3 Å². The number of halogens is 1. The van der Waals surface area contributed by atoms with Gasteiger partial charge in [-0.15, -0.1) is 0 Å². The maximum Gasteiger partial charge on any atom is 0.289 e. The van der Waals surface area contributed by atoms with Crippen molar-refractivity contribution < 1.29 is 18.4 Å². The summed E-state index contributed by atoms with van der Waals surface area (Å²) >= 11 is 0. The number of hydrogen-bond donors (Lipinski definition) is 2. The summed E-state index contributed by atoms with van der Waals surface area (Å²) in [5, 5.41) is 3.91. The number of nitrogens with zero attached hydrogens (tertiary/aromatic N) is 1. The van der Waals surface area contributed by atoms with E-state index in [1.165, 1.54) is 18.4 Å². The van der Waals surface area contributed by atoms with E-state index in [9.17, 15) is 14.0 Å². The van der Waals surface area contributed by atoms with Gasteiger partial charge in [0.1, 0.15) is 5.82 Å². The van der Waals surface area contributed by atoms with Crippen molar-refractivity contribution >= 4 is 22.7 Å². The Morgan fingerprint density at radius 2 is 1.85 bits per heavy atom. The van der Waals surface area contributed by atoms with Gasteiger partial charge in [-0.05, 0) is 60.7 Å². The lowest BCUT2D eigenvalue weighted by Gasteiger charge is -2.31. The maximum absolute atomic E-state index is 14.0. The third-order valence-electron chi connectivity index (χ3n) is 6.41. The van der Waals surface area contributed by atoms with Crippen molar-refractivity contribution in [1.29, 1.82) is 0 Å². The maximum atomic E-state index is 14.0. The van der Waals surface area contributed by atoms with E-state index in [0.29, 0.717) is 44.5 Å². The Morgan fingerprint density at radius 1 is 1.06 bits per heavy atom. The minimum Gasteiger partial charge on any atom is -0.459 e. The zero-order valence-corrected chi connectivity index (χ0v) is 18.7. The highest BCUT2D eigenvalue weighted by molar-refractivity contribution is 5.92. The summed E-state index contributed by atoms with van der Waals surface area (Å²) in [5.74, 6) is -0.116. The van der Waals surface area contributed by atoms with Crippen LogP contribution in [0.15, 0.2) is 71.3 Å². The van der Waals surface area contributed by atoms with Gasteiger partial charge in [-0.3, -0.25) is 9.59 Å². The van der Waals surface area contributed by atoms with Gasteiger partial charge >= 0.3 is 0 Å². The van der Waals surface area contributed by atoms with Crippen LogP contribution in [0.2, 0.25) is 0 Å². The molecule has 0 aliphatic carbocycles. The first-order valence-corrected chi connectivity index (χ1v) is 11.6. The van der Waals surface area contributed by atoms with Crippen molar-refractivity contribution in [3.63, 3.8) is 0 Å². The molecular formula is C27H26FN3O3. The second-order valence-electron chi connectivity index (χ2n) is 8.65. The van der Waals surface area contributed by atoms with Crippen LogP contribution in [0.5, 0.6) is 0 Å². The van der Waals surface area contributed by atoms with Crippen LogP contribution in [0, 0.1) is 5.82 Å². The minimum absolute atomic E-state index is 0.0298. The number of aromatic nitrogens is 1. The lowest BCUT2D eigenvalue weighted by Crippen LogP contribution is -2.46. The molecule has 0 bridgehead atoms. The molecule has 1 fully saturated rings. The number of rotatable bonds is 6. The lowest BCUT2D eigenvalue weighted by molar-refractivity contribution is -0.122. The molecule has 1 aliphatic rings. The van der Waals surface area contributed by atoms with E-state index in [1.54, 1.807) is 23.1 Å². The molecule has 0 radical (unpaired) electrons. The number of H-pyrrole nitrogens is 1. The molecule has 1 aliphatic heterocycles. The fraction of sp³-hybridized carbons (Fsp3) is 0.259. The number of aryl methyl sites for hydroxylation is 1. The first-order chi connectivity index (χ1) is 16.6. The van der Waals surface area contributed by atoms with E-state index in [2.05, 4.69) is 10.3 Å². The zero-order chi connectivity index (χ0) is 23.5. The molecular weight excluding hydrogens is 433 g/mol. The summed E-state index contributed by atoms with van der Waals surface area (Å²) in [6.07, 6.45) is 3.69. The molecule has 1 saturated heterocycles. The summed E-state index contributed by atoms with van der Waals surface area (Å²) in [7, 11) is 0. The van der Waals surface area contributed by atoms with Gasteiger partial charge in [0.05, 0.1) is 6.26 Å². The predicted molar refractivity (Wildman–Crippen MR) is 128 cm³/mol. The van der Waals surface area contributed by atoms with Gasteiger partial charge in [0.2, 0.25) is 5.91 Å². The van der Waals surface area contributed by atoms with Gasteiger partial charge < -0.3 is 19.6 Å². The molecule has 2 aromatic carbocycles. The molecule has 0 unspecified atom stereocenters. The van der Waals surface area contributed by atoms with Crippen LogP contribution in [0.25, 0.3) is 22.2 Å². The van der Waals surface area contributed by atoms with Crippen LogP contribution >= 0.6 is 0 Å². The molecule has 0 saturated carbocycles. The van der Waals surface area contributed by atoms with E-state index in [-0.39, 0.29) is 23.7 Å². The molecule has 2 amide bonds. The second-order valence-corrected chi connectivity index (χ2v) is 8.65. The minimum atomic E-state index is -0.298. The van der Waals surface area contributed by atoms with Gasteiger partial charge in [-0.2, -0.15) is 0 Å². The summed E-state index contributed by atoms with van der Waals surface area (Å²) in [6, 6.07) is 18.0. The smallest absolute Gasteiger partial charge is 0.289 e. The molecule has 0 spiro atoms. The highest BCUT2D eigenvalue weighted by Crippen LogP contribution is 2.32. The first kappa shape index (κ1) is 21.9. The van der Waals surface area contributed by atoms with E-state index >= 15 is 0 Å². The van der Waals surface area contributed by atoms with Crippen LogP contribution in [0.3, 0.4) is 0 Å². The van der Waals surface area contributed by atoms with Crippen molar-refractivity contribution in [2.45, 2.75) is 31.7 Å². The molecule has 2 N–H and O–H groups in total. The summed E-state index contributed by atoms with van der Waals surface area (Å²) in [4.78, 5) is 30.3. The van der Waals surface area contributed by atoms with Gasteiger partial charge in [0, 0.05) is 42.1 Å². The predicted octanol–water partition coefficient (Wildman–Crippen LogP) is 4.92. The number of fused-ring (bicyclic) bond motifs is 1. The van der Waals surface area contributed by atoms with E-state index in [4.69, 9.17) is 4.42 Å². The fourth-order valence-corrected chi connectivity index (χ4v) is 4.65. The summed E-state index contributed by atoms with van der Waals surface area (Å²) < 4.78 is 19.2. The Kier molecular flexibility index (Phi) is 6.16. The highest BCUT2D eigenvalue weighted by Gasteiger charge is 2.26. The number of furan rings is 1. The van der Waals surface area contributed by atoms with Crippen LogP contribution in [-0.2, 0) is 11.2 Å². The van der Waals surface area contributed by atoms with Gasteiger partial charge in [-0.25, -0.2) is 4.39 Å². The standard InChI is InChI=1S/C27H26FN3O3/c28-19-8-10-23-22(17-19)21(26(30-23)18-5-2-1-3-6-18)9-11-25(32)29-20-12-14-31(15-13-20)27(33)24-7-4-16-34-24/h1-8,10,16-17,20,30H,9,11-15H2,(H,29,32). The molecule has 4 aromatic rings. The van der Waals surface area contributed by atoms with Crippen molar-refractivity contribution in [3.8, 4) is 11.3 Å². The van der Waals surface area contributed by atoms with E-state index < -0.39 is 0 Å². The number of piperidine rings is 1. The molecule has 174 valence electrons. The van der Waals surface area contributed by atoms with Gasteiger partial charge in [-0.1, -0.05) is 30.3 Å². The summed E-state index contributed by atoms with van der Waals surface area (Å²) in [6.45, 7) is 1.15. The molecule has 34 heavy (non-hydrogen) atoms. The van der Waals surface area contributed by atoms with Gasteiger partial charge in [0.25, 0.3) is 5.91 Å². The molecule has 0 atom stereocenters. The quantitative estimate of drug-likeness (QED) is 0.430. The average Bonchev–Trinajstić information content (AvgIpc) is 3.52. The van der Waals surface area contributed by atoms with E-state index in [0.717, 1.165) is 27.7 Å². The topological polar surface area (TPSA) is 78.3 Å². The largest absolute Gasteiger partial charge is 0.459 e. The molecule has 6 nitrogen and oxygen atoms in total. The Balaban J connectivity index is 1.22. The SMILES string of the molecule is O=C(CCc1c(-c2ccccc2)[nH]c2ccc(F)cc12)NC1CCN(C(=O)c2ccco2)CC1. The molecule has 7 heteroatoms. The van der Waals surface area contributed by atoms with Crippen molar-refractivity contribution in [2.24, 2.45) is 0 Å². The number of aromatic amines is 1. The lowest BCUT2D eigenvalue weighted by atomic mass is 10.00. The number of carbonyl (C=O) groups is 2. The third kappa shape index (κ3) is 4.59. The number of nitrogens with one attached hydrogen (secondary N) is 2. The number of benzene rings is 2. The van der Waals surface area contributed by atoms with Crippen molar-refractivity contribution in [2.75, 3.05) is 13.1 Å². The molecule has 2 aromatic heterocycles. The molecule has 3 heterocycles.